The SMILES string of the molecule is O=C(Nc1nnc(-c2ccccc2)s1)c1cccc(N2CCCCS2(=O)=O)c1. The number of aromatic nitrogens is 2. The van der Waals surface area contributed by atoms with E-state index in [-0.39, 0.29) is 11.7 Å². The van der Waals surface area contributed by atoms with Crippen LogP contribution < -0.4 is 9.62 Å². The Morgan fingerprint density at radius 3 is 2.64 bits per heavy atom. The van der Waals surface area contributed by atoms with Gasteiger partial charge in [0.05, 0.1) is 11.4 Å². The number of anilines is 2. The first-order valence-corrected chi connectivity index (χ1v) is 11.3. The average molecular weight is 415 g/mol. The molecule has 2 heterocycles. The molecule has 0 bridgehead atoms. The number of hydrogen-bond acceptors (Lipinski definition) is 6. The first kappa shape index (κ1) is 18.6. The van der Waals surface area contributed by atoms with Gasteiger partial charge in [0.25, 0.3) is 5.91 Å². The van der Waals surface area contributed by atoms with Gasteiger partial charge in [0.2, 0.25) is 15.2 Å². The van der Waals surface area contributed by atoms with Crippen LogP contribution in [0.2, 0.25) is 0 Å². The lowest BCUT2D eigenvalue weighted by Crippen LogP contribution is -2.37. The molecule has 7 nitrogen and oxygen atoms in total. The van der Waals surface area contributed by atoms with Gasteiger partial charge in [-0.05, 0) is 31.0 Å². The molecule has 144 valence electrons. The van der Waals surface area contributed by atoms with E-state index in [1.54, 1.807) is 24.3 Å². The molecule has 0 atom stereocenters. The quantitative estimate of drug-likeness (QED) is 0.706. The van der Waals surface area contributed by atoms with Crippen molar-refractivity contribution in [3.63, 3.8) is 0 Å². The first-order valence-electron chi connectivity index (χ1n) is 8.84. The number of amides is 1. The van der Waals surface area contributed by atoms with Gasteiger partial charge in [-0.3, -0.25) is 14.4 Å². The number of nitrogens with zero attached hydrogens (tertiary/aromatic N) is 3. The third-order valence-corrected chi connectivity index (χ3v) is 7.17. The number of nitrogens with one attached hydrogen (secondary N) is 1. The predicted octanol–water partition coefficient (Wildman–Crippen LogP) is 3.39. The molecule has 0 spiro atoms. The second-order valence-electron chi connectivity index (χ2n) is 6.38. The van der Waals surface area contributed by atoms with E-state index in [9.17, 15) is 13.2 Å². The molecular formula is C19H18N4O3S2. The zero-order valence-electron chi connectivity index (χ0n) is 14.9. The first-order chi connectivity index (χ1) is 13.5. The Bertz CT molecular complexity index is 1100. The van der Waals surface area contributed by atoms with Crippen LogP contribution in [0.25, 0.3) is 10.6 Å². The van der Waals surface area contributed by atoms with Crippen molar-refractivity contribution in [3.05, 3.63) is 60.2 Å². The van der Waals surface area contributed by atoms with Gasteiger partial charge in [-0.25, -0.2) is 8.42 Å². The highest BCUT2D eigenvalue weighted by Crippen LogP contribution is 2.27. The fourth-order valence-corrected chi connectivity index (χ4v) is 5.40. The van der Waals surface area contributed by atoms with E-state index in [0.717, 1.165) is 12.0 Å². The average Bonchev–Trinajstić information content (AvgIpc) is 3.17. The lowest BCUT2D eigenvalue weighted by atomic mass is 10.2. The molecule has 0 saturated carbocycles. The molecule has 1 saturated heterocycles. The molecule has 1 fully saturated rings. The van der Waals surface area contributed by atoms with Crippen LogP contribution in [0, 0.1) is 0 Å². The van der Waals surface area contributed by atoms with Crippen LogP contribution in [0.3, 0.4) is 0 Å². The summed E-state index contributed by atoms with van der Waals surface area (Å²) in [5.74, 6) is -0.219. The van der Waals surface area contributed by atoms with Gasteiger partial charge in [-0.15, -0.1) is 10.2 Å². The largest absolute Gasteiger partial charge is 0.296 e. The molecule has 3 aromatic rings. The summed E-state index contributed by atoms with van der Waals surface area (Å²) in [5, 5.41) is 12.0. The monoisotopic (exact) mass is 414 g/mol. The van der Waals surface area contributed by atoms with Gasteiger partial charge >= 0.3 is 0 Å². The second kappa shape index (κ2) is 7.69. The molecule has 2 aromatic carbocycles. The number of benzene rings is 2. The van der Waals surface area contributed by atoms with Crippen molar-refractivity contribution in [1.29, 1.82) is 0 Å². The Balaban J connectivity index is 1.52. The fraction of sp³-hybridized carbons (Fsp3) is 0.211. The minimum absolute atomic E-state index is 0.135. The van der Waals surface area contributed by atoms with Gasteiger partial charge in [-0.2, -0.15) is 0 Å². The topological polar surface area (TPSA) is 92.3 Å². The van der Waals surface area contributed by atoms with Crippen molar-refractivity contribution in [1.82, 2.24) is 10.2 Å². The predicted molar refractivity (Wildman–Crippen MR) is 110 cm³/mol. The third-order valence-electron chi connectivity index (χ3n) is 4.41. The summed E-state index contributed by atoms with van der Waals surface area (Å²) in [7, 11) is -3.32. The van der Waals surface area contributed by atoms with E-state index in [1.807, 2.05) is 30.3 Å². The van der Waals surface area contributed by atoms with E-state index < -0.39 is 10.0 Å². The van der Waals surface area contributed by atoms with Crippen molar-refractivity contribution in [2.45, 2.75) is 12.8 Å². The van der Waals surface area contributed by atoms with E-state index in [0.29, 0.717) is 34.4 Å². The summed E-state index contributed by atoms with van der Waals surface area (Å²) in [5.41, 5.74) is 1.81. The lowest BCUT2D eigenvalue weighted by molar-refractivity contribution is 0.102. The molecule has 9 heteroatoms. The Hall–Kier alpha value is -2.78. The minimum atomic E-state index is -3.32. The van der Waals surface area contributed by atoms with Crippen LogP contribution in [-0.2, 0) is 10.0 Å². The van der Waals surface area contributed by atoms with Gasteiger partial charge in [0.1, 0.15) is 5.01 Å². The molecule has 0 radical (unpaired) electrons. The molecule has 4 rings (SSSR count). The normalized spacial score (nSPS) is 15.9. The summed E-state index contributed by atoms with van der Waals surface area (Å²) in [4.78, 5) is 12.6. The maximum absolute atomic E-state index is 12.6. The van der Waals surface area contributed by atoms with Crippen molar-refractivity contribution >= 4 is 38.1 Å². The Labute approximate surface area is 167 Å². The molecular weight excluding hydrogens is 396 g/mol. The maximum Gasteiger partial charge on any atom is 0.257 e. The van der Waals surface area contributed by atoms with Crippen molar-refractivity contribution in [2.75, 3.05) is 21.9 Å². The maximum atomic E-state index is 12.6. The Morgan fingerprint density at radius 2 is 1.86 bits per heavy atom. The summed E-state index contributed by atoms with van der Waals surface area (Å²) in [6.45, 7) is 0.435. The Morgan fingerprint density at radius 1 is 1.04 bits per heavy atom. The summed E-state index contributed by atoms with van der Waals surface area (Å²) in [6, 6.07) is 16.2. The fourth-order valence-electron chi connectivity index (χ4n) is 3.02. The smallest absolute Gasteiger partial charge is 0.257 e. The number of carbonyl (C=O) groups excluding carboxylic acids is 1. The van der Waals surface area contributed by atoms with Crippen molar-refractivity contribution < 1.29 is 13.2 Å². The zero-order valence-corrected chi connectivity index (χ0v) is 16.5. The van der Waals surface area contributed by atoms with Gasteiger partial charge < -0.3 is 0 Å². The Kier molecular flexibility index (Phi) is 5.10. The van der Waals surface area contributed by atoms with Crippen LogP contribution in [0.4, 0.5) is 10.8 Å². The van der Waals surface area contributed by atoms with E-state index in [1.165, 1.54) is 15.6 Å². The number of carbonyl (C=O) groups is 1. The molecule has 1 N–H and O–H groups in total. The highest BCUT2D eigenvalue weighted by Gasteiger charge is 2.26. The second-order valence-corrected chi connectivity index (χ2v) is 9.37. The number of hydrogen-bond donors (Lipinski definition) is 1. The molecule has 28 heavy (non-hydrogen) atoms. The summed E-state index contributed by atoms with van der Waals surface area (Å²) < 4.78 is 26.0. The highest BCUT2D eigenvalue weighted by molar-refractivity contribution is 7.92. The highest BCUT2D eigenvalue weighted by atomic mass is 32.2. The minimum Gasteiger partial charge on any atom is -0.296 e. The van der Waals surface area contributed by atoms with Crippen molar-refractivity contribution in [3.8, 4) is 10.6 Å². The number of sulfonamides is 1. The van der Waals surface area contributed by atoms with Crippen LogP contribution in [0.1, 0.15) is 23.2 Å². The molecule has 1 aromatic heterocycles. The van der Waals surface area contributed by atoms with Gasteiger partial charge in [0, 0.05) is 17.7 Å². The van der Waals surface area contributed by atoms with Crippen LogP contribution >= 0.6 is 11.3 Å². The molecule has 0 unspecified atom stereocenters. The van der Waals surface area contributed by atoms with Gasteiger partial charge in [-0.1, -0.05) is 47.7 Å². The molecule has 1 aliphatic rings. The third kappa shape index (κ3) is 3.90. The van der Waals surface area contributed by atoms with Crippen LogP contribution in [0.5, 0.6) is 0 Å². The lowest BCUT2D eigenvalue weighted by Gasteiger charge is -2.28. The van der Waals surface area contributed by atoms with E-state index >= 15 is 0 Å². The standard InChI is InChI=1S/C19H18N4O3S2/c24-17(20-19-22-21-18(27-19)14-7-2-1-3-8-14)15-9-6-10-16(13-15)23-11-4-5-12-28(23,25)26/h1-3,6-10,13H,4-5,11-12H2,(H,20,22,24). The van der Waals surface area contributed by atoms with Crippen molar-refractivity contribution in [2.24, 2.45) is 0 Å². The van der Waals surface area contributed by atoms with Gasteiger partial charge in [0.15, 0.2) is 0 Å². The summed E-state index contributed by atoms with van der Waals surface area (Å²) in [6.07, 6.45) is 1.47. The number of rotatable bonds is 4. The molecule has 1 aliphatic heterocycles. The van der Waals surface area contributed by atoms with Crippen LogP contribution in [0.15, 0.2) is 54.6 Å². The van der Waals surface area contributed by atoms with E-state index in [4.69, 9.17) is 0 Å². The van der Waals surface area contributed by atoms with Crippen LogP contribution in [-0.4, -0.2) is 36.8 Å². The summed E-state index contributed by atoms with van der Waals surface area (Å²) >= 11 is 1.28. The molecule has 0 aliphatic carbocycles. The zero-order chi connectivity index (χ0) is 19.6. The van der Waals surface area contributed by atoms with E-state index in [2.05, 4.69) is 15.5 Å². The molecule has 1 amide bonds.